The number of carboxylic acids is 1. The van der Waals surface area contributed by atoms with E-state index in [9.17, 15) is 23.4 Å². The van der Waals surface area contributed by atoms with Gasteiger partial charge in [-0.1, -0.05) is 6.92 Å². The Bertz CT molecular complexity index is 626. The predicted octanol–water partition coefficient (Wildman–Crippen LogP) is 0.838. The molecule has 7 nitrogen and oxygen atoms in total. The molecule has 0 amide bonds. The Morgan fingerprint density at radius 3 is 2.52 bits per heavy atom. The van der Waals surface area contributed by atoms with Crippen LogP contribution in [-0.4, -0.2) is 42.4 Å². The van der Waals surface area contributed by atoms with Crippen molar-refractivity contribution in [3.05, 3.63) is 23.3 Å². The van der Waals surface area contributed by atoms with Gasteiger partial charge in [0.05, 0.1) is 11.0 Å². The molecule has 0 fully saturated rings. The van der Waals surface area contributed by atoms with E-state index in [0.717, 1.165) is 12.1 Å². The van der Waals surface area contributed by atoms with E-state index >= 15 is 0 Å². The number of hydrogen-bond donors (Lipinski definition) is 4. The molecule has 0 aliphatic heterocycles. The van der Waals surface area contributed by atoms with E-state index < -0.39 is 33.4 Å². The quantitative estimate of drug-likeness (QED) is 0.591. The fourth-order valence-electron chi connectivity index (χ4n) is 1.78. The molecule has 1 atom stereocenters. The van der Waals surface area contributed by atoms with Gasteiger partial charge in [-0.3, -0.25) is 0 Å². The number of aliphatic hydroxyl groups is 1. The van der Waals surface area contributed by atoms with E-state index in [1.54, 1.807) is 6.92 Å². The van der Waals surface area contributed by atoms with E-state index in [2.05, 4.69) is 4.72 Å². The van der Waals surface area contributed by atoms with Crippen LogP contribution < -0.4 is 4.72 Å². The van der Waals surface area contributed by atoms with Crippen molar-refractivity contribution in [3.8, 4) is 5.75 Å². The second kappa shape index (κ2) is 6.88. The third-order valence-corrected chi connectivity index (χ3v) is 4.66. The predicted molar refractivity (Wildman–Crippen MR) is 75.9 cm³/mol. The van der Waals surface area contributed by atoms with Gasteiger partial charge in [0, 0.05) is 6.54 Å². The summed E-state index contributed by atoms with van der Waals surface area (Å²) in [6.07, 6.45) is 0.185. The van der Waals surface area contributed by atoms with Crippen LogP contribution in [0.25, 0.3) is 0 Å². The zero-order valence-electron chi connectivity index (χ0n) is 11.8. The molecule has 0 aliphatic carbocycles. The Morgan fingerprint density at radius 1 is 1.38 bits per heavy atom. The van der Waals surface area contributed by atoms with E-state index in [4.69, 9.17) is 5.11 Å². The fourth-order valence-corrected chi connectivity index (χ4v) is 3.07. The van der Waals surface area contributed by atoms with Crippen molar-refractivity contribution in [1.29, 1.82) is 0 Å². The molecule has 118 valence electrons. The first kappa shape index (κ1) is 17.4. The summed E-state index contributed by atoms with van der Waals surface area (Å²) in [6, 6.07) is 2.02. The molecule has 0 saturated carbocycles. The van der Waals surface area contributed by atoms with Crippen LogP contribution in [0.2, 0.25) is 0 Å². The minimum Gasteiger partial charge on any atom is -0.507 e. The van der Waals surface area contributed by atoms with Crippen LogP contribution in [0.1, 0.15) is 35.7 Å². The lowest BCUT2D eigenvalue weighted by Crippen LogP contribution is -2.28. The first-order valence-electron chi connectivity index (χ1n) is 6.43. The number of aryl methyl sites for hydroxylation is 1. The third-order valence-electron chi connectivity index (χ3n) is 3.05. The van der Waals surface area contributed by atoms with Gasteiger partial charge in [-0.2, -0.15) is 0 Å². The number of carbonyl (C=O) groups is 1. The van der Waals surface area contributed by atoms with Crippen molar-refractivity contribution in [1.82, 2.24) is 4.72 Å². The molecule has 0 aliphatic rings. The molecule has 1 unspecified atom stereocenters. The SMILES string of the molecule is CCC(O)CCNS(=O)(=O)c1cc(C(=O)O)c(O)cc1C. The second-order valence-electron chi connectivity index (χ2n) is 4.69. The molecular formula is C13H19NO6S. The van der Waals surface area contributed by atoms with Gasteiger partial charge < -0.3 is 15.3 Å². The normalized spacial score (nSPS) is 13.1. The minimum absolute atomic E-state index is 0.0417. The molecule has 0 bridgehead atoms. The second-order valence-corrected chi connectivity index (χ2v) is 6.42. The summed E-state index contributed by atoms with van der Waals surface area (Å²) in [5.74, 6) is -1.90. The molecule has 0 spiro atoms. The molecule has 21 heavy (non-hydrogen) atoms. The highest BCUT2D eigenvalue weighted by atomic mass is 32.2. The number of nitrogens with one attached hydrogen (secondary N) is 1. The summed E-state index contributed by atoms with van der Waals surface area (Å²) in [7, 11) is -3.90. The topological polar surface area (TPSA) is 124 Å². The molecule has 1 aromatic carbocycles. The molecule has 1 rings (SSSR count). The van der Waals surface area contributed by atoms with E-state index in [-0.39, 0.29) is 23.4 Å². The highest BCUT2D eigenvalue weighted by Gasteiger charge is 2.21. The zero-order chi connectivity index (χ0) is 16.2. The van der Waals surface area contributed by atoms with Crippen molar-refractivity contribution < 1.29 is 28.5 Å². The van der Waals surface area contributed by atoms with Crippen molar-refractivity contribution in [2.45, 2.75) is 37.7 Å². The lowest BCUT2D eigenvalue weighted by molar-refractivity contribution is 0.0693. The van der Waals surface area contributed by atoms with Gasteiger partial charge in [0.1, 0.15) is 11.3 Å². The van der Waals surface area contributed by atoms with E-state index in [1.807, 2.05) is 0 Å². The van der Waals surface area contributed by atoms with Gasteiger partial charge in [0.25, 0.3) is 0 Å². The third kappa shape index (κ3) is 4.42. The van der Waals surface area contributed by atoms with Crippen molar-refractivity contribution in [2.75, 3.05) is 6.54 Å². The summed E-state index contributed by atoms with van der Waals surface area (Å²) in [4.78, 5) is 10.7. The maximum Gasteiger partial charge on any atom is 0.339 e. The van der Waals surface area contributed by atoms with E-state index in [1.165, 1.54) is 6.92 Å². The number of sulfonamides is 1. The number of rotatable bonds is 7. The Kier molecular flexibility index (Phi) is 5.70. The molecule has 4 N–H and O–H groups in total. The monoisotopic (exact) mass is 317 g/mol. The minimum atomic E-state index is -3.90. The van der Waals surface area contributed by atoms with Crippen LogP contribution in [-0.2, 0) is 10.0 Å². The average Bonchev–Trinajstić information content (AvgIpc) is 2.37. The molecule has 0 aromatic heterocycles. The van der Waals surface area contributed by atoms with Crippen molar-refractivity contribution >= 4 is 16.0 Å². The Labute approximate surface area is 123 Å². The number of benzene rings is 1. The van der Waals surface area contributed by atoms with Gasteiger partial charge in [0.15, 0.2) is 0 Å². The van der Waals surface area contributed by atoms with Gasteiger partial charge in [-0.05, 0) is 37.5 Å². The highest BCUT2D eigenvalue weighted by molar-refractivity contribution is 7.89. The number of phenols is 1. The standard InChI is InChI=1S/C13H19NO6S/c1-3-9(15)4-5-14-21(19,20)12-7-10(13(17)18)11(16)6-8(12)2/h6-7,9,14-16H,3-5H2,1-2H3,(H,17,18). The van der Waals surface area contributed by atoms with E-state index in [0.29, 0.717) is 6.42 Å². The lowest BCUT2D eigenvalue weighted by Gasteiger charge is -2.12. The van der Waals surface area contributed by atoms with Crippen LogP contribution in [0.4, 0.5) is 0 Å². The summed E-state index contributed by atoms with van der Waals surface area (Å²) in [5.41, 5.74) is -0.240. The maximum absolute atomic E-state index is 12.1. The Morgan fingerprint density at radius 2 is 2.00 bits per heavy atom. The average molecular weight is 317 g/mol. The summed E-state index contributed by atoms with van der Waals surface area (Å²) in [6.45, 7) is 3.28. The number of carboxylic acid groups (broad SMARTS) is 1. The van der Waals surface area contributed by atoms with Crippen LogP contribution in [0.15, 0.2) is 17.0 Å². The molecule has 0 radical (unpaired) electrons. The van der Waals surface area contributed by atoms with Gasteiger partial charge in [-0.25, -0.2) is 17.9 Å². The number of aromatic carboxylic acids is 1. The van der Waals surface area contributed by atoms with Gasteiger partial charge in [-0.15, -0.1) is 0 Å². The smallest absolute Gasteiger partial charge is 0.339 e. The highest BCUT2D eigenvalue weighted by Crippen LogP contribution is 2.25. The maximum atomic E-state index is 12.1. The zero-order valence-corrected chi connectivity index (χ0v) is 12.6. The lowest BCUT2D eigenvalue weighted by atomic mass is 10.1. The Balaban J connectivity index is 3.03. The number of hydrogen-bond acceptors (Lipinski definition) is 5. The summed E-state index contributed by atoms with van der Waals surface area (Å²) in [5, 5.41) is 27.8. The van der Waals surface area contributed by atoms with Crippen LogP contribution in [0, 0.1) is 6.92 Å². The largest absolute Gasteiger partial charge is 0.507 e. The summed E-state index contributed by atoms with van der Waals surface area (Å²) >= 11 is 0. The molecule has 1 aromatic rings. The summed E-state index contributed by atoms with van der Waals surface area (Å²) < 4.78 is 26.6. The number of aromatic hydroxyl groups is 1. The first-order chi connectivity index (χ1) is 9.69. The van der Waals surface area contributed by atoms with Gasteiger partial charge in [0.2, 0.25) is 10.0 Å². The number of aliphatic hydroxyl groups excluding tert-OH is 1. The Hall–Kier alpha value is -1.64. The van der Waals surface area contributed by atoms with Crippen LogP contribution in [0.3, 0.4) is 0 Å². The van der Waals surface area contributed by atoms with Crippen molar-refractivity contribution in [3.63, 3.8) is 0 Å². The molecular weight excluding hydrogens is 298 g/mol. The van der Waals surface area contributed by atoms with Crippen LogP contribution >= 0.6 is 0 Å². The van der Waals surface area contributed by atoms with Gasteiger partial charge >= 0.3 is 5.97 Å². The molecule has 8 heteroatoms. The van der Waals surface area contributed by atoms with Crippen LogP contribution in [0.5, 0.6) is 5.75 Å². The van der Waals surface area contributed by atoms with Crippen molar-refractivity contribution in [2.24, 2.45) is 0 Å². The first-order valence-corrected chi connectivity index (χ1v) is 7.92. The fraction of sp³-hybridized carbons (Fsp3) is 0.462. The molecule has 0 saturated heterocycles. The molecule has 0 heterocycles.